The van der Waals surface area contributed by atoms with Gasteiger partial charge in [0.2, 0.25) is 0 Å². The molecule has 0 unspecified atom stereocenters. The average Bonchev–Trinajstić information content (AvgIpc) is 3.21. The van der Waals surface area contributed by atoms with Crippen molar-refractivity contribution < 1.29 is 19.0 Å². The molecule has 1 N–H and O–H groups in total. The highest BCUT2D eigenvalue weighted by Gasteiger charge is 2.33. The normalized spacial score (nSPS) is 16.9. The molecule has 0 aliphatic heterocycles. The number of halogens is 2. The number of hydrogen-bond donors (Lipinski definition) is 1. The van der Waals surface area contributed by atoms with Crippen LogP contribution in [0.15, 0.2) is 36.4 Å². The number of rotatable bonds is 6. The van der Waals surface area contributed by atoms with Crippen LogP contribution >= 0.6 is 11.6 Å². The molecule has 29 heavy (non-hydrogen) atoms. The molecular weight excluding hydrogens is 395 g/mol. The number of ether oxygens (including phenoxy) is 1. The molecule has 6 heteroatoms. The third kappa shape index (κ3) is 3.65. The topological polar surface area (TPSA) is 51.5 Å². The van der Waals surface area contributed by atoms with Gasteiger partial charge in [-0.2, -0.15) is 0 Å². The van der Waals surface area contributed by atoms with Crippen LogP contribution in [0.3, 0.4) is 0 Å². The molecule has 0 bridgehead atoms. The number of aromatic nitrogens is 1. The lowest BCUT2D eigenvalue weighted by molar-refractivity contribution is -0.137. The zero-order valence-electron chi connectivity index (χ0n) is 16.4. The molecule has 4 rings (SSSR count). The van der Waals surface area contributed by atoms with Crippen molar-refractivity contribution in [2.45, 2.75) is 44.8 Å². The third-order valence-electron chi connectivity index (χ3n) is 5.90. The summed E-state index contributed by atoms with van der Waals surface area (Å²) in [5, 5.41) is 10.9. The lowest BCUT2D eigenvalue weighted by atomic mass is 10.0. The largest absolute Gasteiger partial charge is 0.481 e. The summed E-state index contributed by atoms with van der Waals surface area (Å²) in [5.41, 5.74) is 4.82. The van der Waals surface area contributed by atoms with Crippen molar-refractivity contribution in [3.05, 3.63) is 69.6 Å². The molecule has 0 spiro atoms. The van der Waals surface area contributed by atoms with Crippen LogP contribution in [-0.4, -0.2) is 22.8 Å². The van der Waals surface area contributed by atoms with Crippen LogP contribution in [0, 0.1) is 5.82 Å². The summed E-state index contributed by atoms with van der Waals surface area (Å²) in [4.78, 5) is 11.5. The van der Waals surface area contributed by atoms with Crippen LogP contribution in [0.4, 0.5) is 4.39 Å². The number of nitrogens with zero attached hydrogens (tertiary/aromatic N) is 1. The molecule has 0 amide bonds. The highest BCUT2D eigenvalue weighted by atomic mass is 35.5. The molecule has 1 aliphatic rings. The summed E-state index contributed by atoms with van der Waals surface area (Å²) < 4.78 is 22.2. The Labute approximate surface area is 173 Å². The van der Waals surface area contributed by atoms with Crippen molar-refractivity contribution in [2.75, 3.05) is 7.11 Å². The van der Waals surface area contributed by atoms with E-state index >= 15 is 0 Å². The van der Waals surface area contributed by atoms with Gasteiger partial charge in [-0.1, -0.05) is 23.7 Å². The number of hydrogen-bond acceptors (Lipinski definition) is 2. The standard InChI is InChI=1S/C23H23ClFNO3/c1-13(29-2)19-10-17(25)11-20-18-8-5-15(9-21(27)28)22(18)26(23(19)20)12-14-3-6-16(24)7-4-14/h3-4,6-7,10-11,13,15H,5,8-9,12H2,1-2H3,(H,27,28)/t13-,15-/m1/s1/i21+2. The Morgan fingerprint density at radius 2 is 2.07 bits per heavy atom. The predicted molar refractivity (Wildman–Crippen MR) is 111 cm³/mol. The summed E-state index contributed by atoms with van der Waals surface area (Å²) in [6.45, 7) is 2.46. The van der Waals surface area contributed by atoms with E-state index in [9.17, 15) is 14.3 Å². The molecule has 2 atom stereocenters. The van der Waals surface area contributed by atoms with Crippen LogP contribution in [0.1, 0.15) is 54.2 Å². The van der Waals surface area contributed by atoms with Crippen LogP contribution in [0.5, 0.6) is 0 Å². The number of carboxylic acids is 1. The maximum Gasteiger partial charge on any atom is 0.304 e. The lowest BCUT2D eigenvalue weighted by Gasteiger charge is -2.19. The summed E-state index contributed by atoms with van der Waals surface area (Å²) in [7, 11) is 1.61. The van der Waals surface area contributed by atoms with Crippen LogP contribution < -0.4 is 0 Å². The van der Waals surface area contributed by atoms with E-state index in [2.05, 4.69) is 4.57 Å². The fourth-order valence-electron chi connectivity index (χ4n) is 4.54. The number of carboxylic acid groups (broad SMARTS) is 1. The Morgan fingerprint density at radius 3 is 2.72 bits per heavy atom. The van der Waals surface area contributed by atoms with Crippen molar-refractivity contribution in [3.8, 4) is 0 Å². The van der Waals surface area contributed by atoms with E-state index in [1.807, 2.05) is 31.2 Å². The van der Waals surface area contributed by atoms with E-state index in [0.717, 1.165) is 46.1 Å². The van der Waals surface area contributed by atoms with Gasteiger partial charge in [0.15, 0.2) is 0 Å². The number of aliphatic carboxylic acids is 1. The molecular formula is C23H23ClFNO3. The Balaban J connectivity index is 1.96. The second kappa shape index (κ2) is 7.81. The molecule has 1 aromatic heterocycles. The number of benzene rings is 2. The van der Waals surface area contributed by atoms with Crippen molar-refractivity contribution in [1.82, 2.24) is 4.57 Å². The quantitative estimate of drug-likeness (QED) is 0.560. The Bertz CT molecular complexity index is 1070. The predicted octanol–water partition coefficient (Wildman–Crippen LogP) is 5.69. The highest BCUT2D eigenvalue weighted by molar-refractivity contribution is 6.30. The van der Waals surface area contributed by atoms with Crippen LogP contribution in [-0.2, 0) is 22.5 Å². The minimum absolute atomic E-state index is 0.0710. The minimum atomic E-state index is -0.817. The maximum absolute atomic E-state index is 14.5. The average molecular weight is 418 g/mol. The molecule has 0 saturated carbocycles. The van der Waals surface area contributed by atoms with Crippen molar-refractivity contribution in [1.29, 1.82) is 0 Å². The Morgan fingerprint density at radius 1 is 1.34 bits per heavy atom. The number of aryl methyl sites for hydroxylation is 1. The van der Waals surface area contributed by atoms with Crippen LogP contribution in [0.2, 0.25) is 5.02 Å². The van der Waals surface area contributed by atoms with Gasteiger partial charge >= 0.3 is 5.97 Å². The maximum atomic E-state index is 14.5. The van der Waals surface area contributed by atoms with Gasteiger partial charge < -0.3 is 14.4 Å². The SMILES string of the molecule is CO[C@H](C)c1cc(F)cc2c3c(n(Cc4ccc(Cl)cc4)c12)[C@@H](C[14C](=O)O)CC3. The number of methoxy groups -OCH3 is 1. The highest BCUT2D eigenvalue weighted by Crippen LogP contribution is 2.44. The summed E-state index contributed by atoms with van der Waals surface area (Å²) in [6.07, 6.45) is 1.30. The molecule has 1 aliphatic carbocycles. The van der Waals surface area contributed by atoms with E-state index in [-0.39, 0.29) is 24.3 Å². The first-order valence-corrected chi connectivity index (χ1v) is 10.1. The molecule has 1 heterocycles. The van der Waals surface area contributed by atoms with Gasteiger partial charge in [0, 0.05) is 41.2 Å². The van der Waals surface area contributed by atoms with E-state index in [1.165, 1.54) is 6.07 Å². The summed E-state index contributed by atoms with van der Waals surface area (Å²) in [6, 6.07) is 10.7. The second-order valence-electron chi connectivity index (χ2n) is 7.68. The van der Waals surface area contributed by atoms with Gasteiger partial charge in [-0.3, -0.25) is 4.79 Å². The van der Waals surface area contributed by atoms with Gasteiger partial charge in [-0.15, -0.1) is 0 Å². The first-order chi connectivity index (χ1) is 13.9. The van der Waals surface area contributed by atoms with Gasteiger partial charge in [0.05, 0.1) is 18.0 Å². The van der Waals surface area contributed by atoms with Gasteiger partial charge in [-0.05, 0) is 55.2 Å². The van der Waals surface area contributed by atoms with E-state index in [1.54, 1.807) is 13.2 Å². The first-order valence-electron chi connectivity index (χ1n) is 9.72. The molecule has 2 aromatic carbocycles. The third-order valence-corrected chi connectivity index (χ3v) is 6.15. The van der Waals surface area contributed by atoms with Gasteiger partial charge in [0.25, 0.3) is 0 Å². The summed E-state index contributed by atoms with van der Waals surface area (Å²) in [5.74, 6) is -1.21. The molecule has 3 aromatic rings. The molecule has 4 nitrogen and oxygen atoms in total. The fourth-order valence-corrected chi connectivity index (χ4v) is 4.67. The van der Waals surface area contributed by atoms with E-state index in [0.29, 0.717) is 11.6 Å². The Hall–Kier alpha value is -2.37. The van der Waals surface area contributed by atoms with E-state index < -0.39 is 5.97 Å². The zero-order valence-corrected chi connectivity index (χ0v) is 17.2. The van der Waals surface area contributed by atoms with E-state index in [4.69, 9.17) is 16.3 Å². The van der Waals surface area contributed by atoms with Gasteiger partial charge in [0.1, 0.15) is 5.82 Å². The second-order valence-corrected chi connectivity index (χ2v) is 8.12. The van der Waals surface area contributed by atoms with Gasteiger partial charge in [-0.25, -0.2) is 4.39 Å². The fraction of sp³-hybridized carbons (Fsp3) is 0.348. The Kier molecular flexibility index (Phi) is 5.36. The molecule has 152 valence electrons. The zero-order chi connectivity index (χ0) is 20.7. The summed E-state index contributed by atoms with van der Waals surface area (Å²) >= 11 is 6.04. The first kappa shape index (κ1) is 19.9. The number of carbonyl (C=O) groups is 1. The van der Waals surface area contributed by atoms with Crippen molar-refractivity contribution >= 4 is 28.5 Å². The smallest absolute Gasteiger partial charge is 0.304 e. The monoisotopic (exact) mass is 417 g/mol. The minimum Gasteiger partial charge on any atom is -0.481 e. The molecule has 0 saturated heterocycles. The van der Waals surface area contributed by atoms with Crippen molar-refractivity contribution in [3.63, 3.8) is 0 Å². The van der Waals surface area contributed by atoms with Crippen molar-refractivity contribution in [2.24, 2.45) is 0 Å². The number of fused-ring (bicyclic) bond motifs is 3. The van der Waals surface area contributed by atoms with Crippen LogP contribution in [0.25, 0.3) is 10.9 Å². The lowest BCUT2D eigenvalue weighted by Crippen LogP contribution is -2.12. The molecule has 0 radical (unpaired) electrons. The molecule has 0 fully saturated rings.